The van der Waals surface area contributed by atoms with Crippen molar-refractivity contribution < 1.29 is 9.59 Å². The minimum absolute atomic E-state index is 0.156. The van der Waals surface area contributed by atoms with Crippen LogP contribution in [0, 0.1) is 12.8 Å². The zero-order chi connectivity index (χ0) is 16.4. The second kappa shape index (κ2) is 6.64. The number of amides is 2. The van der Waals surface area contributed by atoms with Crippen molar-refractivity contribution in [1.29, 1.82) is 0 Å². The average Bonchev–Trinajstić information content (AvgIpc) is 3.17. The minimum Gasteiger partial charge on any atom is -0.365 e. The van der Waals surface area contributed by atoms with E-state index in [4.69, 9.17) is 5.73 Å². The molecule has 3 rings (SSSR count). The number of aromatic nitrogens is 2. The summed E-state index contributed by atoms with van der Waals surface area (Å²) in [6.07, 6.45) is 7.99. The summed E-state index contributed by atoms with van der Waals surface area (Å²) in [7, 11) is 0. The van der Waals surface area contributed by atoms with Gasteiger partial charge in [0.15, 0.2) is 0 Å². The molecule has 1 aromatic rings. The highest BCUT2D eigenvalue weighted by molar-refractivity contribution is 5.93. The standard InChI is InChI=1S/C17H24N4O2/c1-11-14(16(18)23)9-19-17(20-11)13-6-7-21(10-13)15(22)8-12-4-2-3-5-12/h9,12-13H,2-8,10H2,1H3,(H2,18,23)/t13-/m1/s1. The Morgan fingerprint density at radius 3 is 2.70 bits per heavy atom. The Kier molecular flexibility index (Phi) is 4.59. The molecule has 1 saturated heterocycles. The lowest BCUT2D eigenvalue weighted by molar-refractivity contribution is -0.131. The zero-order valence-electron chi connectivity index (χ0n) is 13.6. The Morgan fingerprint density at radius 1 is 1.30 bits per heavy atom. The molecule has 1 aliphatic heterocycles. The molecule has 2 fully saturated rings. The van der Waals surface area contributed by atoms with Crippen LogP contribution < -0.4 is 5.73 Å². The maximum Gasteiger partial charge on any atom is 0.252 e. The van der Waals surface area contributed by atoms with Gasteiger partial charge in [0.25, 0.3) is 5.91 Å². The summed E-state index contributed by atoms with van der Waals surface area (Å²) in [5, 5.41) is 0. The number of carbonyl (C=O) groups is 2. The van der Waals surface area contributed by atoms with Crippen molar-refractivity contribution in [2.75, 3.05) is 13.1 Å². The zero-order valence-corrected chi connectivity index (χ0v) is 13.6. The number of carbonyl (C=O) groups excluding carboxylic acids is 2. The van der Waals surface area contributed by atoms with Crippen LogP contribution in [-0.4, -0.2) is 39.8 Å². The minimum atomic E-state index is -0.506. The third kappa shape index (κ3) is 3.51. The maximum atomic E-state index is 12.4. The first kappa shape index (κ1) is 15.9. The number of nitrogens with two attached hydrogens (primary N) is 1. The number of hydrogen-bond acceptors (Lipinski definition) is 4. The number of aryl methyl sites for hydroxylation is 1. The molecule has 1 saturated carbocycles. The van der Waals surface area contributed by atoms with Gasteiger partial charge in [0, 0.05) is 31.6 Å². The summed E-state index contributed by atoms with van der Waals surface area (Å²) >= 11 is 0. The van der Waals surface area contributed by atoms with Gasteiger partial charge in [0.2, 0.25) is 5.91 Å². The van der Waals surface area contributed by atoms with Crippen LogP contribution in [0.25, 0.3) is 0 Å². The van der Waals surface area contributed by atoms with Crippen molar-refractivity contribution in [3.8, 4) is 0 Å². The molecule has 6 heteroatoms. The molecule has 6 nitrogen and oxygen atoms in total. The van der Waals surface area contributed by atoms with E-state index in [-0.39, 0.29) is 11.8 Å². The number of rotatable bonds is 4. The van der Waals surface area contributed by atoms with E-state index in [0.29, 0.717) is 36.0 Å². The summed E-state index contributed by atoms with van der Waals surface area (Å²) in [4.78, 5) is 34.3. The molecule has 124 valence electrons. The first-order valence-electron chi connectivity index (χ1n) is 8.45. The number of primary amides is 1. The van der Waals surface area contributed by atoms with Gasteiger partial charge in [0.05, 0.1) is 11.3 Å². The summed E-state index contributed by atoms with van der Waals surface area (Å²) in [5.74, 6) is 1.21. The van der Waals surface area contributed by atoms with Crippen LogP contribution in [0.2, 0.25) is 0 Å². The topological polar surface area (TPSA) is 89.2 Å². The highest BCUT2D eigenvalue weighted by atomic mass is 16.2. The number of nitrogens with zero attached hydrogens (tertiary/aromatic N) is 3. The molecule has 2 amide bonds. The third-order valence-electron chi connectivity index (χ3n) is 5.11. The smallest absolute Gasteiger partial charge is 0.252 e. The maximum absolute atomic E-state index is 12.4. The van der Waals surface area contributed by atoms with Crippen molar-refractivity contribution >= 4 is 11.8 Å². The van der Waals surface area contributed by atoms with E-state index < -0.39 is 5.91 Å². The van der Waals surface area contributed by atoms with E-state index in [2.05, 4.69) is 9.97 Å². The molecule has 0 aromatic carbocycles. The lowest BCUT2D eigenvalue weighted by atomic mass is 10.0. The second-order valence-corrected chi connectivity index (χ2v) is 6.77. The predicted octanol–water partition coefficient (Wildman–Crippen LogP) is 1.78. The van der Waals surface area contributed by atoms with Gasteiger partial charge in [-0.15, -0.1) is 0 Å². The molecule has 1 aliphatic carbocycles. The van der Waals surface area contributed by atoms with Gasteiger partial charge in [-0.1, -0.05) is 12.8 Å². The van der Waals surface area contributed by atoms with Crippen molar-refractivity contribution in [2.24, 2.45) is 11.7 Å². The van der Waals surface area contributed by atoms with E-state index >= 15 is 0 Å². The highest BCUT2D eigenvalue weighted by Crippen LogP contribution is 2.30. The molecule has 0 spiro atoms. The monoisotopic (exact) mass is 316 g/mol. The molecule has 2 heterocycles. The molecular weight excluding hydrogens is 292 g/mol. The van der Waals surface area contributed by atoms with Crippen molar-refractivity contribution in [3.63, 3.8) is 0 Å². The van der Waals surface area contributed by atoms with Crippen molar-refractivity contribution in [1.82, 2.24) is 14.9 Å². The van der Waals surface area contributed by atoms with Crippen LogP contribution >= 0.6 is 0 Å². The van der Waals surface area contributed by atoms with Crippen LogP contribution in [0.15, 0.2) is 6.20 Å². The molecule has 0 radical (unpaired) electrons. The Hall–Kier alpha value is -1.98. The van der Waals surface area contributed by atoms with E-state index in [1.165, 1.54) is 31.9 Å². The molecular formula is C17H24N4O2. The van der Waals surface area contributed by atoms with Gasteiger partial charge in [-0.3, -0.25) is 9.59 Å². The largest absolute Gasteiger partial charge is 0.365 e. The van der Waals surface area contributed by atoms with Crippen molar-refractivity contribution in [3.05, 3.63) is 23.3 Å². The summed E-state index contributed by atoms with van der Waals surface area (Å²) < 4.78 is 0. The number of hydrogen-bond donors (Lipinski definition) is 1. The fourth-order valence-corrected chi connectivity index (χ4v) is 3.71. The molecule has 23 heavy (non-hydrogen) atoms. The normalized spacial score (nSPS) is 21.8. The highest BCUT2D eigenvalue weighted by Gasteiger charge is 2.31. The first-order valence-corrected chi connectivity index (χ1v) is 8.45. The van der Waals surface area contributed by atoms with Crippen LogP contribution in [0.4, 0.5) is 0 Å². The van der Waals surface area contributed by atoms with Gasteiger partial charge in [-0.25, -0.2) is 9.97 Å². The first-order chi connectivity index (χ1) is 11.0. The summed E-state index contributed by atoms with van der Waals surface area (Å²) in [5.41, 5.74) is 6.26. The van der Waals surface area contributed by atoms with Crippen LogP contribution in [-0.2, 0) is 4.79 Å². The summed E-state index contributed by atoms with van der Waals surface area (Å²) in [6, 6.07) is 0. The molecule has 0 bridgehead atoms. The van der Waals surface area contributed by atoms with Gasteiger partial charge in [0.1, 0.15) is 5.82 Å². The quantitative estimate of drug-likeness (QED) is 0.917. The Labute approximate surface area is 136 Å². The van der Waals surface area contributed by atoms with Crippen LogP contribution in [0.1, 0.15) is 66.3 Å². The van der Waals surface area contributed by atoms with Gasteiger partial charge in [-0.2, -0.15) is 0 Å². The fourth-order valence-electron chi connectivity index (χ4n) is 3.71. The second-order valence-electron chi connectivity index (χ2n) is 6.77. The Balaban J connectivity index is 1.61. The lowest BCUT2D eigenvalue weighted by Gasteiger charge is -2.18. The SMILES string of the molecule is Cc1nc([C@@H]2CCN(C(=O)CC3CCCC3)C2)ncc1C(N)=O. The molecule has 2 N–H and O–H groups in total. The van der Waals surface area contributed by atoms with E-state index in [9.17, 15) is 9.59 Å². The van der Waals surface area contributed by atoms with Gasteiger partial charge >= 0.3 is 0 Å². The van der Waals surface area contributed by atoms with Gasteiger partial charge < -0.3 is 10.6 Å². The fraction of sp³-hybridized carbons (Fsp3) is 0.647. The average molecular weight is 316 g/mol. The van der Waals surface area contributed by atoms with E-state index in [0.717, 1.165) is 13.0 Å². The Morgan fingerprint density at radius 2 is 2.04 bits per heavy atom. The molecule has 1 atom stereocenters. The van der Waals surface area contributed by atoms with E-state index in [1.807, 2.05) is 4.90 Å². The van der Waals surface area contributed by atoms with Crippen molar-refractivity contribution in [2.45, 2.75) is 51.4 Å². The lowest BCUT2D eigenvalue weighted by Crippen LogP contribution is -2.30. The third-order valence-corrected chi connectivity index (χ3v) is 5.11. The Bertz CT molecular complexity index is 611. The molecule has 0 unspecified atom stereocenters. The van der Waals surface area contributed by atoms with E-state index in [1.54, 1.807) is 6.92 Å². The predicted molar refractivity (Wildman–Crippen MR) is 85.8 cm³/mol. The molecule has 2 aliphatic rings. The van der Waals surface area contributed by atoms with Crippen LogP contribution in [0.5, 0.6) is 0 Å². The summed E-state index contributed by atoms with van der Waals surface area (Å²) in [6.45, 7) is 3.22. The van der Waals surface area contributed by atoms with Gasteiger partial charge in [-0.05, 0) is 32.1 Å². The molecule has 1 aromatic heterocycles. The van der Waals surface area contributed by atoms with Crippen LogP contribution in [0.3, 0.4) is 0 Å². The number of likely N-dealkylation sites (tertiary alicyclic amines) is 1.